The van der Waals surface area contributed by atoms with Crippen LogP contribution >= 0.6 is 0 Å². The SMILES string of the molecule is CCNC1C(CC(C)C)CC2CC21.[HH]. The van der Waals surface area contributed by atoms with Crippen LogP contribution in [0.25, 0.3) is 0 Å². The maximum atomic E-state index is 3.69. The molecule has 0 bridgehead atoms. The quantitative estimate of drug-likeness (QED) is 0.706. The highest BCUT2D eigenvalue weighted by atomic mass is 15.0. The topological polar surface area (TPSA) is 12.0 Å². The van der Waals surface area contributed by atoms with Gasteiger partial charge in [0, 0.05) is 7.47 Å². The van der Waals surface area contributed by atoms with E-state index >= 15 is 0 Å². The van der Waals surface area contributed by atoms with Crippen molar-refractivity contribution >= 4 is 0 Å². The largest absolute Gasteiger partial charge is 0.314 e. The van der Waals surface area contributed by atoms with Crippen LogP contribution in [0.15, 0.2) is 0 Å². The van der Waals surface area contributed by atoms with Gasteiger partial charge in [0.1, 0.15) is 0 Å². The van der Waals surface area contributed by atoms with Gasteiger partial charge in [-0.15, -0.1) is 0 Å². The van der Waals surface area contributed by atoms with E-state index in [1.54, 1.807) is 0 Å². The lowest BCUT2D eigenvalue weighted by atomic mass is 9.89. The molecule has 4 unspecified atom stereocenters. The number of rotatable bonds is 4. The molecule has 2 saturated carbocycles. The lowest BCUT2D eigenvalue weighted by molar-refractivity contribution is 0.308. The first-order valence-electron chi connectivity index (χ1n) is 5.95. The molecule has 0 saturated heterocycles. The van der Waals surface area contributed by atoms with Crippen LogP contribution in [-0.2, 0) is 0 Å². The van der Waals surface area contributed by atoms with Gasteiger partial charge in [0.2, 0.25) is 0 Å². The molecule has 2 aliphatic rings. The van der Waals surface area contributed by atoms with Crippen molar-refractivity contribution in [2.45, 2.75) is 46.1 Å². The van der Waals surface area contributed by atoms with E-state index < -0.39 is 0 Å². The molecule has 1 nitrogen and oxygen atoms in total. The van der Waals surface area contributed by atoms with Gasteiger partial charge < -0.3 is 5.32 Å². The van der Waals surface area contributed by atoms with Crippen LogP contribution < -0.4 is 5.32 Å². The lowest BCUT2D eigenvalue weighted by Gasteiger charge is -2.24. The second kappa shape index (κ2) is 3.61. The van der Waals surface area contributed by atoms with Crippen molar-refractivity contribution in [2.75, 3.05) is 6.54 Å². The van der Waals surface area contributed by atoms with Gasteiger partial charge in [0.25, 0.3) is 0 Å². The fraction of sp³-hybridized carbons (Fsp3) is 1.00. The average molecular weight is 183 g/mol. The minimum atomic E-state index is 0. The minimum Gasteiger partial charge on any atom is -0.314 e. The zero-order chi connectivity index (χ0) is 9.42. The molecule has 0 spiro atoms. The van der Waals surface area contributed by atoms with E-state index in [0.29, 0.717) is 0 Å². The Morgan fingerprint density at radius 1 is 1.38 bits per heavy atom. The summed E-state index contributed by atoms with van der Waals surface area (Å²) >= 11 is 0. The van der Waals surface area contributed by atoms with Crippen molar-refractivity contribution in [1.82, 2.24) is 5.32 Å². The van der Waals surface area contributed by atoms with Crippen LogP contribution in [0, 0.1) is 23.7 Å². The van der Waals surface area contributed by atoms with E-state index in [2.05, 4.69) is 26.1 Å². The summed E-state index contributed by atoms with van der Waals surface area (Å²) in [7, 11) is 0. The van der Waals surface area contributed by atoms with Crippen LogP contribution in [0.4, 0.5) is 0 Å². The molecule has 78 valence electrons. The fourth-order valence-corrected chi connectivity index (χ4v) is 3.27. The molecule has 0 aromatic heterocycles. The third-order valence-electron chi connectivity index (χ3n) is 3.77. The maximum absolute atomic E-state index is 3.69. The molecule has 0 aromatic carbocycles. The molecule has 0 heterocycles. The van der Waals surface area contributed by atoms with Crippen molar-refractivity contribution in [3.05, 3.63) is 0 Å². The number of hydrogen-bond donors (Lipinski definition) is 1. The van der Waals surface area contributed by atoms with E-state index in [0.717, 1.165) is 36.3 Å². The van der Waals surface area contributed by atoms with Crippen LogP contribution in [-0.4, -0.2) is 12.6 Å². The molecular formula is C12H25N. The molecule has 0 aliphatic heterocycles. The van der Waals surface area contributed by atoms with Crippen molar-refractivity contribution in [2.24, 2.45) is 23.7 Å². The molecule has 0 amide bonds. The van der Waals surface area contributed by atoms with Crippen molar-refractivity contribution < 1.29 is 1.43 Å². The van der Waals surface area contributed by atoms with Gasteiger partial charge in [-0.2, -0.15) is 0 Å². The van der Waals surface area contributed by atoms with Gasteiger partial charge in [0.05, 0.1) is 0 Å². The minimum absolute atomic E-state index is 0. The smallest absolute Gasteiger partial charge is 0.0126 e. The Kier molecular flexibility index (Phi) is 2.64. The molecule has 1 heteroatoms. The van der Waals surface area contributed by atoms with E-state index in [9.17, 15) is 0 Å². The van der Waals surface area contributed by atoms with Crippen LogP contribution in [0.1, 0.15) is 41.5 Å². The zero-order valence-electron chi connectivity index (χ0n) is 9.22. The Morgan fingerprint density at radius 2 is 2.15 bits per heavy atom. The highest BCUT2D eigenvalue weighted by Crippen LogP contribution is 2.55. The highest BCUT2D eigenvalue weighted by molar-refractivity contribution is 5.05. The Hall–Kier alpha value is -0.0400. The summed E-state index contributed by atoms with van der Waals surface area (Å²) in [6.07, 6.45) is 4.47. The first kappa shape index (κ1) is 9.51. The Morgan fingerprint density at radius 3 is 2.77 bits per heavy atom. The Bertz CT molecular complexity index is 181. The predicted octanol–water partition coefficient (Wildman–Crippen LogP) is 2.91. The summed E-state index contributed by atoms with van der Waals surface area (Å²) in [5.74, 6) is 4.03. The summed E-state index contributed by atoms with van der Waals surface area (Å²) < 4.78 is 0. The third kappa shape index (κ3) is 1.90. The third-order valence-corrected chi connectivity index (χ3v) is 3.77. The van der Waals surface area contributed by atoms with E-state index in [1.807, 2.05) is 0 Å². The van der Waals surface area contributed by atoms with E-state index in [1.165, 1.54) is 19.3 Å². The molecule has 2 fully saturated rings. The van der Waals surface area contributed by atoms with Gasteiger partial charge >= 0.3 is 0 Å². The van der Waals surface area contributed by atoms with E-state index in [-0.39, 0.29) is 1.43 Å². The number of fused-ring (bicyclic) bond motifs is 1. The molecule has 2 aliphatic carbocycles. The van der Waals surface area contributed by atoms with E-state index in [4.69, 9.17) is 0 Å². The molecule has 1 N–H and O–H groups in total. The first-order chi connectivity index (χ1) is 6.22. The highest BCUT2D eigenvalue weighted by Gasteiger charge is 2.52. The van der Waals surface area contributed by atoms with Gasteiger partial charge in [0.15, 0.2) is 0 Å². The summed E-state index contributed by atoms with van der Waals surface area (Å²) in [5.41, 5.74) is 0. The summed E-state index contributed by atoms with van der Waals surface area (Å²) in [4.78, 5) is 0. The number of nitrogens with one attached hydrogen (secondary N) is 1. The van der Waals surface area contributed by atoms with Crippen LogP contribution in [0.5, 0.6) is 0 Å². The Balaban J connectivity index is 0.000000980. The molecule has 13 heavy (non-hydrogen) atoms. The molecule has 4 atom stereocenters. The number of hydrogen-bond acceptors (Lipinski definition) is 1. The molecule has 0 aromatic rings. The standard InChI is InChI=1S/C12H23N.H2/c1-4-13-12-10(5-8(2)3)6-9-7-11(9)12;/h8-13H,4-7H2,1-3H3;1H. The summed E-state index contributed by atoms with van der Waals surface area (Å²) in [6, 6.07) is 0.873. The zero-order valence-corrected chi connectivity index (χ0v) is 9.22. The lowest BCUT2D eigenvalue weighted by Crippen LogP contribution is -2.35. The summed E-state index contributed by atoms with van der Waals surface area (Å²) in [6.45, 7) is 8.10. The van der Waals surface area contributed by atoms with Gasteiger partial charge in [-0.3, -0.25) is 0 Å². The maximum Gasteiger partial charge on any atom is 0.0126 e. The Labute approximate surface area is 83.8 Å². The van der Waals surface area contributed by atoms with Crippen molar-refractivity contribution in [1.29, 1.82) is 0 Å². The average Bonchev–Trinajstić information content (AvgIpc) is 2.72. The second-order valence-corrected chi connectivity index (χ2v) is 5.37. The fourth-order valence-electron chi connectivity index (χ4n) is 3.27. The molecule has 2 rings (SSSR count). The summed E-state index contributed by atoms with van der Waals surface area (Å²) in [5, 5.41) is 3.69. The van der Waals surface area contributed by atoms with Crippen molar-refractivity contribution in [3.8, 4) is 0 Å². The van der Waals surface area contributed by atoms with Crippen LogP contribution in [0.3, 0.4) is 0 Å². The van der Waals surface area contributed by atoms with Gasteiger partial charge in [-0.1, -0.05) is 20.8 Å². The predicted molar refractivity (Wildman–Crippen MR) is 58.7 cm³/mol. The molecule has 0 radical (unpaired) electrons. The molecular weight excluding hydrogens is 158 g/mol. The van der Waals surface area contributed by atoms with Gasteiger partial charge in [-0.05, 0) is 49.5 Å². The van der Waals surface area contributed by atoms with Crippen molar-refractivity contribution in [3.63, 3.8) is 0 Å². The normalized spacial score (nSPS) is 42.5. The first-order valence-corrected chi connectivity index (χ1v) is 5.95. The van der Waals surface area contributed by atoms with Crippen LogP contribution in [0.2, 0.25) is 0 Å². The second-order valence-electron chi connectivity index (χ2n) is 5.37. The van der Waals surface area contributed by atoms with Gasteiger partial charge in [-0.25, -0.2) is 0 Å². The monoisotopic (exact) mass is 183 g/mol.